The molecule has 1 atom stereocenters. The molecular weight excluding hydrogens is 364 g/mol. The van der Waals surface area contributed by atoms with E-state index in [9.17, 15) is 13.2 Å². The summed E-state index contributed by atoms with van der Waals surface area (Å²) in [4.78, 5) is 14.5. The number of sulfonamides is 1. The van der Waals surface area contributed by atoms with Crippen molar-refractivity contribution in [1.29, 1.82) is 0 Å². The van der Waals surface area contributed by atoms with E-state index < -0.39 is 10.0 Å². The minimum absolute atomic E-state index is 0.0124. The number of benzene rings is 1. The zero-order chi connectivity index (χ0) is 19.3. The Kier molecular flexibility index (Phi) is 6.89. The molecule has 1 saturated carbocycles. The van der Waals surface area contributed by atoms with Crippen molar-refractivity contribution in [2.45, 2.75) is 56.4 Å². The van der Waals surface area contributed by atoms with Crippen LogP contribution in [0.5, 0.6) is 0 Å². The lowest BCUT2D eigenvalue weighted by atomic mass is 9.78. The van der Waals surface area contributed by atoms with Crippen LogP contribution in [0.3, 0.4) is 0 Å². The summed E-state index contributed by atoms with van der Waals surface area (Å²) in [7, 11) is -3.57. The van der Waals surface area contributed by atoms with Crippen molar-refractivity contribution in [1.82, 2.24) is 9.62 Å². The number of rotatable bonds is 8. The van der Waals surface area contributed by atoms with Crippen molar-refractivity contribution < 1.29 is 17.9 Å². The molecule has 1 amide bonds. The molecule has 0 aromatic heterocycles. The molecule has 7 heteroatoms. The molecule has 27 heavy (non-hydrogen) atoms. The summed E-state index contributed by atoms with van der Waals surface area (Å²) < 4.78 is 33.8. The molecule has 1 aliphatic carbocycles. The van der Waals surface area contributed by atoms with Gasteiger partial charge in [0, 0.05) is 24.7 Å². The van der Waals surface area contributed by atoms with Crippen LogP contribution in [0.2, 0.25) is 0 Å². The Labute approximate surface area is 162 Å². The van der Waals surface area contributed by atoms with Gasteiger partial charge in [0.1, 0.15) is 0 Å². The normalized spacial score (nSPS) is 19.5. The summed E-state index contributed by atoms with van der Waals surface area (Å²) in [5.74, 6) is 0.374. The molecule has 0 spiro atoms. The molecule has 1 N–H and O–H groups in total. The maximum atomic E-state index is 12.8. The smallest absolute Gasteiger partial charge is 0.254 e. The SMILES string of the molecule is CCCCC(NS(=O)(=O)c1ccc(C(=O)N2CCOCC2)cc1)C1CCC1. The number of morpholine rings is 1. The maximum absolute atomic E-state index is 12.8. The quantitative estimate of drug-likeness (QED) is 0.736. The van der Waals surface area contributed by atoms with Gasteiger partial charge in [0.25, 0.3) is 5.91 Å². The van der Waals surface area contributed by atoms with Crippen molar-refractivity contribution in [2.75, 3.05) is 26.3 Å². The molecule has 1 saturated heterocycles. The van der Waals surface area contributed by atoms with E-state index in [4.69, 9.17) is 4.74 Å². The molecule has 1 unspecified atom stereocenters. The first-order chi connectivity index (χ1) is 13.0. The highest BCUT2D eigenvalue weighted by molar-refractivity contribution is 7.89. The Hall–Kier alpha value is -1.44. The second-order valence-corrected chi connectivity index (χ2v) is 9.20. The zero-order valence-corrected chi connectivity index (χ0v) is 16.8. The number of nitrogens with one attached hydrogen (secondary N) is 1. The lowest BCUT2D eigenvalue weighted by Crippen LogP contribution is -2.42. The Balaban J connectivity index is 1.67. The van der Waals surface area contributed by atoms with E-state index >= 15 is 0 Å². The fraction of sp³-hybridized carbons (Fsp3) is 0.650. The first kappa shape index (κ1) is 20.3. The molecule has 1 heterocycles. The average Bonchev–Trinajstić information content (AvgIpc) is 2.64. The van der Waals surface area contributed by atoms with Gasteiger partial charge in [-0.2, -0.15) is 0 Å². The van der Waals surface area contributed by atoms with Crippen LogP contribution < -0.4 is 4.72 Å². The molecule has 0 bridgehead atoms. The number of nitrogens with zero attached hydrogens (tertiary/aromatic N) is 1. The van der Waals surface area contributed by atoms with Crippen LogP contribution in [0.1, 0.15) is 55.8 Å². The van der Waals surface area contributed by atoms with E-state index in [0.717, 1.165) is 32.1 Å². The van der Waals surface area contributed by atoms with Gasteiger partial charge in [-0.1, -0.05) is 26.2 Å². The van der Waals surface area contributed by atoms with Crippen LogP contribution in [0.15, 0.2) is 29.2 Å². The van der Waals surface area contributed by atoms with Crippen LogP contribution in [-0.2, 0) is 14.8 Å². The monoisotopic (exact) mass is 394 g/mol. The Bertz CT molecular complexity index is 723. The summed E-state index contributed by atoms with van der Waals surface area (Å²) in [6.45, 7) is 4.35. The van der Waals surface area contributed by atoms with Crippen LogP contribution in [-0.4, -0.2) is 51.6 Å². The molecule has 0 radical (unpaired) electrons. The van der Waals surface area contributed by atoms with Gasteiger partial charge < -0.3 is 9.64 Å². The summed E-state index contributed by atoms with van der Waals surface area (Å²) in [5.41, 5.74) is 0.511. The molecule has 1 aromatic carbocycles. The van der Waals surface area contributed by atoms with Gasteiger partial charge in [0.05, 0.1) is 18.1 Å². The topological polar surface area (TPSA) is 75.7 Å². The molecule has 2 fully saturated rings. The van der Waals surface area contributed by atoms with Crippen molar-refractivity contribution in [3.63, 3.8) is 0 Å². The van der Waals surface area contributed by atoms with Crippen molar-refractivity contribution in [3.05, 3.63) is 29.8 Å². The second kappa shape index (κ2) is 9.17. The minimum Gasteiger partial charge on any atom is -0.378 e. The van der Waals surface area contributed by atoms with Crippen LogP contribution in [0.4, 0.5) is 0 Å². The van der Waals surface area contributed by atoms with Gasteiger partial charge >= 0.3 is 0 Å². The molecule has 2 aliphatic rings. The van der Waals surface area contributed by atoms with Crippen molar-refractivity contribution >= 4 is 15.9 Å². The fourth-order valence-electron chi connectivity index (χ4n) is 3.65. The Morgan fingerprint density at radius 2 is 1.89 bits per heavy atom. The predicted molar refractivity (Wildman–Crippen MR) is 104 cm³/mol. The fourth-order valence-corrected chi connectivity index (χ4v) is 4.99. The highest BCUT2D eigenvalue weighted by atomic mass is 32.2. The molecule has 1 aliphatic heterocycles. The first-order valence-electron chi connectivity index (χ1n) is 10.0. The number of unbranched alkanes of at least 4 members (excludes halogenated alkanes) is 1. The van der Waals surface area contributed by atoms with E-state index in [2.05, 4.69) is 11.6 Å². The zero-order valence-electron chi connectivity index (χ0n) is 16.0. The number of amides is 1. The lowest BCUT2D eigenvalue weighted by molar-refractivity contribution is 0.0303. The third-order valence-corrected chi connectivity index (χ3v) is 7.11. The second-order valence-electron chi connectivity index (χ2n) is 7.49. The Morgan fingerprint density at radius 3 is 2.44 bits per heavy atom. The Morgan fingerprint density at radius 1 is 1.22 bits per heavy atom. The maximum Gasteiger partial charge on any atom is 0.254 e. The van der Waals surface area contributed by atoms with Gasteiger partial charge in [-0.15, -0.1) is 0 Å². The molecule has 1 aromatic rings. The number of hydrogen-bond acceptors (Lipinski definition) is 4. The van der Waals surface area contributed by atoms with E-state index in [-0.39, 0.29) is 16.8 Å². The standard InChI is InChI=1S/C20H30N2O4S/c1-2-3-7-19(16-5-4-6-16)21-27(24,25)18-10-8-17(9-11-18)20(23)22-12-14-26-15-13-22/h8-11,16,19,21H,2-7,12-15H2,1H3. The average molecular weight is 395 g/mol. The largest absolute Gasteiger partial charge is 0.378 e. The van der Waals surface area contributed by atoms with Crippen LogP contribution in [0, 0.1) is 5.92 Å². The molecule has 150 valence electrons. The van der Waals surface area contributed by atoms with Gasteiger partial charge in [0.15, 0.2) is 0 Å². The number of carbonyl (C=O) groups excluding carboxylic acids is 1. The summed E-state index contributed by atoms with van der Waals surface area (Å²) in [6, 6.07) is 6.30. The van der Waals surface area contributed by atoms with Crippen molar-refractivity contribution in [2.24, 2.45) is 5.92 Å². The minimum atomic E-state index is -3.57. The first-order valence-corrected chi connectivity index (χ1v) is 11.5. The third kappa shape index (κ3) is 5.09. The van der Waals surface area contributed by atoms with Gasteiger partial charge in [-0.3, -0.25) is 4.79 Å². The van der Waals surface area contributed by atoms with Crippen LogP contribution in [0.25, 0.3) is 0 Å². The highest BCUT2D eigenvalue weighted by Gasteiger charge is 2.30. The number of hydrogen-bond donors (Lipinski definition) is 1. The summed E-state index contributed by atoms with van der Waals surface area (Å²) in [5, 5.41) is 0. The van der Waals surface area contributed by atoms with Crippen molar-refractivity contribution in [3.8, 4) is 0 Å². The molecule has 3 rings (SSSR count). The number of ether oxygens (including phenoxy) is 1. The summed E-state index contributed by atoms with van der Waals surface area (Å²) >= 11 is 0. The van der Waals surface area contributed by atoms with E-state index in [1.54, 1.807) is 17.0 Å². The molecular formula is C20H30N2O4S. The van der Waals surface area contributed by atoms with Crippen LogP contribution >= 0.6 is 0 Å². The van der Waals surface area contributed by atoms with E-state index in [0.29, 0.717) is 37.8 Å². The van der Waals surface area contributed by atoms with Gasteiger partial charge in [-0.25, -0.2) is 13.1 Å². The van der Waals surface area contributed by atoms with E-state index in [1.807, 2.05) is 0 Å². The van der Waals surface area contributed by atoms with Gasteiger partial charge in [-0.05, 0) is 49.4 Å². The number of carbonyl (C=O) groups is 1. The molecule has 6 nitrogen and oxygen atoms in total. The highest BCUT2D eigenvalue weighted by Crippen LogP contribution is 2.32. The third-order valence-electron chi connectivity index (χ3n) is 5.60. The van der Waals surface area contributed by atoms with E-state index in [1.165, 1.54) is 18.6 Å². The predicted octanol–water partition coefficient (Wildman–Crippen LogP) is 2.80. The lowest BCUT2D eigenvalue weighted by Gasteiger charge is -2.34. The van der Waals surface area contributed by atoms with Gasteiger partial charge in [0.2, 0.25) is 10.0 Å². The summed E-state index contributed by atoms with van der Waals surface area (Å²) in [6.07, 6.45) is 6.36.